The number of rotatable bonds is 3. The van der Waals surface area contributed by atoms with Crippen LogP contribution in [0.3, 0.4) is 0 Å². The highest BCUT2D eigenvalue weighted by Crippen LogP contribution is 2.15. The molecule has 0 aliphatic heterocycles. The summed E-state index contributed by atoms with van der Waals surface area (Å²) >= 11 is 0. The summed E-state index contributed by atoms with van der Waals surface area (Å²) in [5.74, 6) is -0.333. The van der Waals surface area contributed by atoms with E-state index in [0.717, 1.165) is 5.56 Å². The van der Waals surface area contributed by atoms with E-state index in [4.69, 9.17) is 0 Å². The van der Waals surface area contributed by atoms with Gasteiger partial charge in [-0.2, -0.15) is 0 Å². The molecule has 0 amide bonds. The summed E-state index contributed by atoms with van der Waals surface area (Å²) in [6, 6.07) is 15.8. The molecule has 0 unspecified atom stereocenters. The number of carbonyl (C=O) groups is 1. The Morgan fingerprint density at radius 1 is 0.938 bits per heavy atom. The van der Waals surface area contributed by atoms with Gasteiger partial charge in [0.05, 0.1) is 0 Å². The molecule has 2 aromatic rings. The number of ketones is 1. The third kappa shape index (κ3) is 2.28. The largest absolute Gasteiger partial charge is 0.872 e. The number of para-hydroxylation sites is 1. The molecule has 0 N–H and O–H groups in total. The van der Waals surface area contributed by atoms with Crippen molar-refractivity contribution >= 4 is 5.78 Å². The summed E-state index contributed by atoms with van der Waals surface area (Å²) in [7, 11) is 0. The van der Waals surface area contributed by atoms with Crippen LogP contribution < -0.4 is 5.11 Å². The summed E-state index contributed by atoms with van der Waals surface area (Å²) in [6.07, 6.45) is 0.278. The lowest BCUT2D eigenvalue weighted by atomic mass is 10.0. The second kappa shape index (κ2) is 4.62. The first kappa shape index (κ1) is 10.4. The average Bonchev–Trinajstić information content (AvgIpc) is 2.31. The van der Waals surface area contributed by atoms with Gasteiger partial charge in [0.15, 0.2) is 5.78 Å². The Bertz CT molecular complexity index is 489. The molecule has 0 aromatic heterocycles. The van der Waals surface area contributed by atoms with Gasteiger partial charge in [-0.15, -0.1) is 0 Å². The third-order valence-corrected chi connectivity index (χ3v) is 2.39. The molecule has 0 bridgehead atoms. The summed E-state index contributed by atoms with van der Waals surface area (Å²) in [4.78, 5) is 11.8. The first-order valence-corrected chi connectivity index (χ1v) is 5.10. The molecule has 0 aliphatic rings. The Kier molecular flexibility index (Phi) is 3.01. The fourth-order valence-corrected chi connectivity index (χ4v) is 1.57. The van der Waals surface area contributed by atoms with Gasteiger partial charge in [0, 0.05) is 12.0 Å². The van der Waals surface area contributed by atoms with Gasteiger partial charge in [-0.1, -0.05) is 60.3 Å². The van der Waals surface area contributed by atoms with Crippen molar-refractivity contribution in [2.75, 3.05) is 0 Å². The van der Waals surface area contributed by atoms with E-state index in [2.05, 4.69) is 0 Å². The molecule has 0 fully saturated rings. The van der Waals surface area contributed by atoms with Crippen LogP contribution >= 0.6 is 0 Å². The summed E-state index contributed by atoms with van der Waals surface area (Å²) in [6.45, 7) is 0. The minimum atomic E-state index is -0.205. The number of hydrogen-bond acceptors (Lipinski definition) is 2. The van der Waals surface area contributed by atoms with Crippen LogP contribution in [0.5, 0.6) is 5.75 Å². The van der Waals surface area contributed by atoms with Crippen LogP contribution in [0.1, 0.15) is 15.9 Å². The fourth-order valence-electron chi connectivity index (χ4n) is 1.57. The monoisotopic (exact) mass is 211 g/mol. The zero-order valence-electron chi connectivity index (χ0n) is 8.72. The van der Waals surface area contributed by atoms with Crippen LogP contribution in [0.25, 0.3) is 0 Å². The van der Waals surface area contributed by atoms with Crippen molar-refractivity contribution in [1.29, 1.82) is 0 Å². The van der Waals surface area contributed by atoms with Gasteiger partial charge >= 0.3 is 0 Å². The van der Waals surface area contributed by atoms with E-state index in [1.54, 1.807) is 18.2 Å². The van der Waals surface area contributed by atoms with E-state index < -0.39 is 0 Å². The minimum absolute atomic E-state index is 0.128. The van der Waals surface area contributed by atoms with E-state index in [9.17, 15) is 9.90 Å². The number of carbonyl (C=O) groups excluding carboxylic acids is 1. The Balaban J connectivity index is 2.19. The predicted molar refractivity (Wildman–Crippen MR) is 60.4 cm³/mol. The zero-order valence-corrected chi connectivity index (χ0v) is 8.72. The van der Waals surface area contributed by atoms with E-state index in [1.807, 2.05) is 30.3 Å². The van der Waals surface area contributed by atoms with Crippen molar-refractivity contribution in [2.45, 2.75) is 6.42 Å². The first-order chi connectivity index (χ1) is 7.77. The van der Waals surface area contributed by atoms with E-state index in [0.29, 0.717) is 0 Å². The molecule has 0 atom stereocenters. The van der Waals surface area contributed by atoms with E-state index >= 15 is 0 Å². The molecule has 80 valence electrons. The Labute approximate surface area is 94.2 Å². The smallest absolute Gasteiger partial charge is 0.166 e. The average molecular weight is 211 g/mol. The van der Waals surface area contributed by atoms with Gasteiger partial charge in [0.1, 0.15) is 0 Å². The first-order valence-electron chi connectivity index (χ1n) is 5.10. The molecule has 0 spiro atoms. The minimum Gasteiger partial charge on any atom is -0.872 e. The Morgan fingerprint density at radius 3 is 2.25 bits per heavy atom. The van der Waals surface area contributed by atoms with Crippen LogP contribution in [0.4, 0.5) is 0 Å². The van der Waals surface area contributed by atoms with Gasteiger partial charge in [0.2, 0.25) is 0 Å². The molecule has 0 saturated heterocycles. The molecule has 0 radical (unpaired) electrons. The summed E-state index contributed by atoms with van der Waals surface area (Å²) in [5.41, 5.74) is 1.20. The van der Waals surface area contributed by atoms with Crippen LogP contribution in [0, 0.1) is 0 Å². The van der Waals surface area contributed by atoms with Gasteiger partial charge in [-0.05, 0) is 5.56 Å². The molecule has 2 heteroatoms. The van der Waals surface area contributed by atoms with E-state index in [-0.39, 0.29) is 23.5 Å². The number of hydrogen-bond donors (Lipinski definition) is 0. The molecular weight excluding hydrogens is 200 g/mol. The van der Waals surface area contributed by atoms with Gasteiger partial charge in [-0.3, -0.25) is 4.79 Å². The SMILES string of the molecule is O=C(Cc1ccccc1)c1ccccc1[O-]. The fraction of sp³-hybridized carbons (Fsp3) is 0.0714. The quantitative estimate of drug-likeness (QED) is 0.730. The van der Waals surface area contributed by atoms with Crippen LogP contribution in [0.15, 0.2) is 54.6 Å². The Morgan fingerprint density at radius 2 is 1.56 bits per heavy atom. The highest BCUT2D eigenvalue weighted by molar-refractivity contribution is 5.99. The van der Waals surface area contributed by atoms with Crippen molar-refractivity contribution in [1.82, 2.24) is 0 Å². The maximum absolute atomic E-state index is 11.8. The highest BCUT2D eigenvalue weighted by Gasteiger charge is 2.06. The highest BCUT2D eigenvalue weighted by atomic mass is 16.3. The zero-order chi connectivity index (χ0) is 11.4. The Hall–Kier alpha value is -2.09. The van der Waals surface area contributed by atoms with Crippen LogP contribution in [-0.2, 0) is 6.42 Å². The van der Waals surface area contributed by atoms with Gasteiger partial charge in [0.25, 0.3) is 0 Å². The standard InChI is InChI=1S/C14H12O2/c15-13-9-5-4-8-12(13)14(16)10-11-6-2-1-3-7-11/h1-9,15H,10H2/p-1. The van der Waals surface area contributed by atoms with Gasteiger partial charge in [-0.25, -0.2) is 0 Å². The lowest BCUT2D eigenvalue weighted by Crippen LogP contribution is -2.07. The summed E-state index contributed by atoms with van der Waals surface area (Å²) in [5, 5.41) is 11.4. The van der Waals surface area contributed by atoms with Gasteiger partial charge < -0.3 is 5.11 Å². The molecular formula is C14H11O2-. The second-order valence-corrected chi connectivity index (χ2v) is 3.58. The molecule has 0 heterocycles. The normalized spacial score (nSPS) is 10.0. The number of benzene rings is 2. The molecule has 16 heavy (non-hydrogen) atoms. The summed E-state index contributed by atoms with van der Waals surface area (Å²) < 4.78 is 0. The maximum Gasteiger partial charge on any atom is 0.166 e. The van der Waals surface area contributed by atoms with Crippen molar-refractivity contribution in [3.63, 3.8) is 0 Å². The van der Waals surface area contributed by atoms with Crippen molar-refractivity contribution < 1.29 is 9.90 Å². The van der Waals surface area contributed by atoms with Crippen molar-refractivity contribution in [3.05, 3.63) is 65.7 Å². The van der Waals surface area contributed by atoms with Crippen molar-refractivity contribution in [2.24, 2.45) is 0 Å². The maximum atomic E-state index is 11.8. The lowest BCUT2D eigenvalue weighted by Gasteiger charge is -2.11. The lowest BCUT2D eigenvalue weighted by molar-refractivity contribution is -0.268. The van der Waals surface area contributed by atoms with E-state index in [1.165, 1.54) is 6.07 Å². The van der Waals surface area contributed by atoms with Crippen molar-refractivity contribution in [3.8, 4) is 5.75 Å². The third-order valence-electron chi connectivity index (χ3n) is 2.39. The van der Waals surface area contributed by atoms with Crippen LogP contribution in [0.2, 0.25) is 0 Å². The second-order valence-electron chi connectivity index (χ2n) is 3.58. The molecule has 2 rings (SSSR count). The molecule has 0 aliphatic carbocycles. The number of Topliss-reactive ketones (excluding diaryl/α,β-unsaturated/α-hetero) is 1. The predicted octanol–water partition coefficient (Wildman–Crippen LogP) is 2.19. The molecule has 0 saturated carbocycles. The molecule has 2 aromatic carbocycles. The molecule has 2 nitrogen and oxygen atoms in total. The van der Waals surface area contributed by atoms with Crippen LogP contribution in [-0.4, -0.2) is 5.78 Å². The topological polar surface area (TPSA) is 40.1 Å².